The van der Waals surface area contributed by atoms with E-state index in [0.717, 1.165) is 5.75 Å². The maximum absolute atomic E-state index is 9.05. The first-order valence-corrected chi connectivity index (χ1v) is 6.24. The van der Waals surface area contributed by atoms with Gasteiger partial charge in [0, 0.05) is 23.9 Å². The Balaban J connectivity index is 0.000000921. The molecule has 1 aromatic heterocycles. The topological polar surface area (TPSA) is 53.4 Å². The van der Waals surface area contributed by atoms with E-state index in [0.29, 0.717) is 5.75 Å². The molecule has 4 heteroatoms. The summed E-state index contributed by atoms with van der Waals surface area (Å²) in [7, 11) is 0. The lowest BCUT2D eigenvalue weighted by Gasteiger charge is -2.05. The highest BCUT2D eigenvalue weighted by Crippen LogP contribution is 2.11. The summed E-state index contributed by atoms with van der Waals surface area (Å²) in [6.07, 6.45) is 2.89. The fourth-order valence-corrected chi connectivity index (χ4v) is 1.77. The zero-order chi connectivity index (χ0) is 11.5. The van der Waals surface area contributed by atoms with Crippen molar-refractivity contribution in [3.63, 3.8) is 0 Å². The molecule has 0 aliphatic carbocycles. The highest BCUT2D eigenvalue weighted by atomic mass is 32.2. The number of pyridine rings is 1. The van der Waals surface area contributed by atoms with E-state index in [1.54, 1.807) is 24.2 Å². The van der Waals surface area contributed by atoms with Crippen molar-refractivity contribution in [3.8, 4) is 0 Å². The SMILES string of the molecule is CC.OCC(O)CSCc1ccncc1. The number of rotatable bonds is 5. The smallest absolute Gasteiger partial charge is 0.0861 e. The number of hydrogen-bond acceptors (Lipinski definition) is 4. The quantitative estimate of drug-likeness (QED) is 0.807. The zero-order valence-corrected chi connectivity index (χ0v) is 10.1. The van der Waals surface area contributed by atoms with Crippen molar-refractivity contribution in [2.75, 3.05) is 12.4 Å². The second kappa shape index (κ2) is 9.96. The molecule has 0 bridgehead atoms. The first-order chi connectivity index (χ1) is 7.33. The highest BCUT2D eigenvalue weighted by Gasteiger charge is 2.01. The fourth-order valence-electron chi connectivity index (χ4n) is 0.845. The standard InChI is InChI=1S/C9H13NO2S.C2H6/c11-5-9(12)7-13-6-8-1-3-10-4-2-8;1-2/h1-4,9,11-12H,5-7H2;1-2H3. The molecule has 1 heterocycles. The van der Waals surface area contributed by atoms with Gasteiger partial charge in [0.25, 0.3) is 0 Å². The van der Waals surface area contributed by atoms with Crippen LogP contribution in [-0.4, -0.2) is 33.7 Å². The molecule has 0 fully saturated rings. The van der Waals surface area contributed by atoms with Gasteiger partial charge < -0.3 is 10.2 Å². The predicted molar refractivity (Wildman–Crippen MR) is 64.8 cm³/mol. The predicted octanol–water partition coefficient (Wildman–Crippen LogP) is 1.69. The van der Waals surface area contributed by atoms with Crippen LogP contribution in [0.3, 0.4) is 0 Å². The minimum absolute atomic E-state index is 0.163. The second-order valence-electron chi connectivity index (χ2n) is 2.71. The van der Waals surface area contributed by atoms with E-state index in [-0.39, 0.29) is 6.61 Å². The monoisotopic (exact) mass is 229 g/mol. The molecule has 0 radical (unpaired) electrons. The third-order valence-electron chi connectivity index (χ3n) is 1.54. The van der Waals surface area contributed by atoms with Crippen LogP contribution in [-0.2, 0) is 5.75 Å². The first kappa shape index (κ1) is 14.4. The lowest BCUT2D eigenvalue weighted by molar-refractivity contribution is 0.113. The molecule has 3 nitrogen and oxygen atoms in total. The average molecular weight is 229 g/mol. The van der Waals surface area contributed by atoms with Crippen LogP contribution in [0.1, 0.15) is 19.4 Å². The Labute approximate surface area is 95.6 Å². The summed E-state index contributed by atoms with van der Waals surface area (Å²) in [4.78, 5) is 3.91. The minimum Gasteiger partial charge on any atom is -0.394 e. The van der Waals surface area contributed by atoms with Gasteiger partial charge in [-0.15, -0.1) is 0 Å². The van der Waals surface area contributed by atoms with Gasteiger partial charge in [0.15, 0.2) is 0 Å². The Bertz CT molecular complexity index is 231. The molecule has 1 unspecified atom stereocenters. The molecule has 0 aliphatic heterocycles. The van der Waals surface area contributed by atoms with E-state index in [9.17, 15) is 0 Å². The summed E-state index contributed by atoms with van der Waals surface area (Å²) in [6.45, 7) is 3.84. The van der Waals surface area contributed by atoms with E-state index in [2.05, 4.69) is 4.98 Å². The summed E-state index contributed by atoms with van der Waals surface area (Å²) < 4.78 is 0. The van der Waals surface area contributed by atoms with Crippen molar-refractivity contribution in [3.05, 3.63) is 30.1 Å². The molecule has 1 atom stereocenters. The van der Waals surface area contributed by atoms with Crippen LogP contribution < -0.4 is 0 Å². The Hall–Kier alpha value is -0.580. The maximum Gasteiger partial charge on any atom is 0.0861 e. The van der Waals surface area contributed by atoms with Gasteiger partial charge in [-0.2, -0.15) is 11.8 Å². The van der Waals surface area contributed by atoms with Gasteiger partial charge >= 0.3 is 0 Å². The molecule has 86 valence electrons. The van der Waals surface area contributed by atoms with Crippen LogP contribution in [0.2, 0.25) is 0 Å². The Kier molecular flexibility index (Phi) is 9.57. The molecule has 2 N–H and O–H groups in total. The van der Waals surface area contributed by atoms with Crippen molar-refractivity contribution >= 4 is 11.8 Å². The zero-order valence-electron chi connectivity index (χ0n) is 9.26. The number of nitrogens with zero attached hydrogens (tertiary/aromatic N) is 1. The van der Waals surface area contributed by atoms with Crippen molar-refractivity contribution in [1.29, 1.82) is 0 Å². The van der Waals surface area contributed by atoms with Crippen molar-refractivity contribution in [2.24, 2.45) is 0 Å². The first-order valence-electron chi connectivity index (χ1n) is 5.08. The van der Waals surface area contributed by atoms with Crippen LogP contribution in [0, 0.1) is 0 Å². The second-order valence-corrected chi connectivity index (χ2v) is 3.74. The van der Waals surface area contributed by atoms with Crippen LogP contribution in [0.5, 0.6) is 0 Å². The van der Waals surface area contributed by atoms with Gasteiger partial charge in [-0.3, -0.25) is 4.98 Å². The summed E-state index contributed by atoms with van der Waals surface area (Å²) in [5.74, 6) is 1.42. The van der Waals surface area contributed by atoms with Gasteiger partial charge in [0.05, 0.1) is 12.7 Å². The third-order valence-corrected chi connectivity index (χ3v) is 2.70. The lowest BCUT2D eigenvalue weighted by Crippen LogP contribution is -2.14. The molecular weight excluding hydrogens is 210 g/mol. The van der Waals surface area contributed by atoms with Crippen LogP contribution in [0.25, 0.3) is 0 Å². The molecule has 1 aromatic rings. The molecular formula is C11H19NO2S. The number of hydrogen-bond donors (Lipinski definition) is 2. The molecule has 0 aliphatic rings. The van der Waals surface area contributed by atoms with Gasteiger partial charge in [-0.05, 0) is 17.7 Å². The Morgan fingerprint density at radius 3 is 2.47 bits per heavy atom. The van der Waals surface area contributed by atoms with Gasteiger partial charge in [0.2, 0.25) is 0 Å². The van der Waals surface area contributed by atoms with Crippen LogP contribution in [0.4, 0.5) is 0 Å². The summed E-state index contributed by atoms with van der Waals surface area (Å²) >= 11 is 1.60. The Morgan fingerprint density at radius 2 is 1.93 bits per heavy atom. The van der Waals surface area contributed by atoms with Gasteiger partial charge in [0.1, 0.15) is 0 Å². The number of aromatic nitrogens is 1. The van der Waals surface area contributed by atoms with Gasteiger partial charge in [-0.1, -0.05) is 13.8 Å². The van der Waals surface area contributed by atoms with E-state index in [4.69, 9.17) is 10.2 Å². The average Bonchev–Trinajstić information content (AvgIpc) is 2.33. The van der Waals surface area contributed by atoms with Crippen molar-refractivity contribution in [2.45, 2.75) is 25.7 Å². The summed E-state index contributed by atoms with van der Waals surface area (Å²) in [6, 6.07) is 3.89. The number of aliphatic hydroxyl groups is 2. The molecule has 15 heavy (non-hydrogen) atoms. The molecule has 0 amide bonds. The maximum atomic E-state index is 9.05. The highest BCUT2D eigenvalue weighted by molar-refractivity contribution is 7.98. The molecule has 1 rings (SSSR count). The fraction of sp³-hybridized carbons (Fsp3) is 0.545. The largest absolute Gasteiger partial charge is 0.394 e. The minimum atomic E-state index is -0.605. The molecule has 0 aromatic carbocycles. The lowest BCUT2D eigenvalue weighted by atomic mass is 10.3. The van der Waals surface area contributed by atoms with Crippen molar-refractivity contribution in [1.82, 2.24) is 4.98 Å². The van der Waals surface area contributed by atoms with E-state index < -0.39 is 6.10 Å². The summed E-state index contributed by atoms with van der Waals surface area (Å²) in [5.41, 5.74) is 1.19. The summed E-state index contributed by atoms with van der Waals surface area (Å²) in [5, 5.41) is 17.6. The van der Waals surface area contributed by atoms with Crippen LogP contribution in [0.15, 0.2) is 24.5 Å². The Morgan fingerprint density at radius 1 is 1.33 bits per heavy atom. The molecule has 0 spiro atoms. The van der Waals surface area contributed by atoms with E-state index >= 15 is 0 Å². The third kappa shape index (κ3) is 7.36. The van der Waals surface area contributed by atoms with E-state index in [1.165, 1.54) is 5.56 Å². The number of aliphatic hydroxyl groups excluding tert-OH is 2. The van der Waals surface area contributed by atoms with Crippen LogP contribution >= 0.6 is 11.8 Å². The normalized spacial score (nSPS) is 11.5. The molecule has 0 saturated carbocycles. The van der Waals surface area contributed by atoms with E-state index in [1.807, 2.05) is 26.0 Å². The van der Waals surface area contributed by atoms with Crippen molar-refractivity contribution < 1.29 is 10.2 Å². The number of thioether (sulfide) groups is 1. The molecule has 0 saturated heterocycles. The van der Waals surface area contributed by atoms with Gasteiger partial charge in [-0.25, -0.2) is 0 Å².